The Morgan fingerprint density at radius 3 is 2.50 bits per heavy atom. The Kier molecular flexibility index (Phi) is 4.80. The standard InChI is InChI=1S/C17H24NO2SSi/c19-17(16-7-4-14-21-16,15-5-2-1-3-6-15)8-9-18(22)10-12-20-13-11-18/h1-7,14,19H,8-13H2,22H3/q+1. The van der Waals surface area contributed by atoms with E-state index in [1.807, 2.05) is 41.8 Å². The van der Waals surface area contributed by atoms with Crippen LogP contribution in [0, 0.1) is 0 Å². The molecule has 1 aromatic heterocycles. The summed E-state index contributed by atoms with van der Waals surface area (Å²) in [5.74, 6) is 0. The molecule has 2 aromatic rings. The molecule has 0 radical (unpaired) electrons. The van der Waals surface area contributed by atoms with E-state index in [2.05, 4.69) is 6.07 Å². The van der Waals surface area contributed by atoms with Crippen molar-refractivity contribution in [1.82, 2.24) is 0 Å². The molecule has 1 aromatic carbocycles. The van der Waals surface area contributed by atoms with Gasteiger partial charge in [0.15, 0.2) is 0 Å². The summed E-state index contributed by atoms with van der Waals surface area (Å²) in [6, 6.07) is 14.2. The number of hydrogen-bond acceptors (Lipinski definition) is 3. The second-order valence-electron chi connectivity index (χ2n) is 6.36. The number of morpholine rings is 1. The normalized spacial score (nSPS) is 20.6. The van der Waals surface area contributed by atoms with Crippen molar-refractivity contribution in [3.63, 3.8) is 0 Å². The van der Waals surface area contributed by atoms with E-state index in [-0.39, 0.29) is 0 Å². The largest absolute Gasteiger partial charge is 0.387 e. The van der Waals surface area contributed by atoms with Crippen LogP contribution in [-0.4, -0.2) is 52.5 Å². The third kappa shape index (κ3) is 3.34. The lowest BCUT2D eigenvalue weighted by Crippen LogP contribution is -2.55. The van der Waals surface area contributed by atoms with Crippen LogP contribution in [0.2, 0.25) is 0 Å². The molecule has 22 heavy (non-hydrogen) atoms. The molecule has 0 bridgehead atoms. The van der Waals surface area contributed by atoms with Crippen LogP contribution in [0.3, 0.4) is 0 Å². The van der Waals surface area contributed by atoms with Crippen LogP contribution in [0.4, 0.5) is 0 Å². The number of ether oxygens (including phenoxy) is 1. The van der Waals surface area contributed by atoms with Crippen molar-refractivity contribution in [3.05, 3.63) is 58.3 Å². The maximum absolute atomic E-state index is 11.5. The Balaban J connectivity index is 1.84. The summed E-state index contributed by atoms with van der Waals surface area (Å²) in [7, 11) is 1.10. The average Bonchev–Trinajstić information content (AvgIpc) is 3.09. The van der Waals surface area contributed by atoms with Crippen molar-refractivity contribution < 1.29 is 14.0 Å². The van der Waals surface area contributed by atoms with E-state index in [4.69, 9.17) is 4.74 Å². The second-order valence-corrected chi connectivity index (χ2v) is 9.20. The first kappa shape index (κ1) is 15.9. The van der Waals surface area contributed by atoms with Gasteiger partial charge in [-0.1, -0.05) is 36.4 Å². The topological polar surface area (TPSA) is 29.5 Å². The van der Waals surface area contributed by atoms with E-state index in [0.717, 1.165) is 64.3 Å². The van der Waals surface area contributed by atoms with Gasteiger partial charge in [0, 0.05) is 11.3 Å². The molecule has 1 aliphatic rings. The van der Waals surface area contributed by atoms with Gasteiger partial charge in [0.2, 0.25) is 10.4 Å². The maximum Gasteiger partial charge on any atom is 0.239 e. The molecule has 3 rings (SSSR count). The highest BCUT2D eigenvalue weighted by molar-refractivity contribution is 7.10. The highest BCUT2D eigenvalue weighted by Crippen LogP contribution is 2.36. The van der Waals surface area contributed by atoms with E-state index in [1.54, 1.807) is 11.3 Å². The van der Waals surface area contributed by atoms with Gasteiger partial charge < -0.3 is 14.0 Å². The van der Waals surface area contributed by atoms with Gasteiger partial charge in [-0.15, -0.1) is 11.3 Å². The van der Waals surface area contributed by atoms with E-state index in [0.29, 0.717) is 0 Å². The minimum atomic E-state index is -0.872. The predicted octanol–water partition coefficient (Wildman–Crippen LogP) is 1.50. The first-order valence-electron chi connectivity index (χ1n) is 7.86. The fourth-order valence-corrected chi connectivity index (χ4v) is 4.54. The molecule has 0 amide bonds. The number of aliphatic hydroxyl groups is 1. The third-order valence-electron chi connectivity index (χ3n) is 4.74. The highest BCUT2D eigenvalue weighted by atomic mass is 32.1. The zero-order chi connectivity index (χ0) is 15.5. The van der Waals surface area contributed by atoms with Gasteiger partial charge in [0.05, 0.1) is 32.8 Å². The summed E-state index contributed by atoms with van der Waals surface area (Å²) >= 11 is 1.64. The van der Waals surface area contributed by atoms with Gasteiger partial charge >= 0.3 is 0 Å². The minimum Gasteiger partial charge on any atom is -0.387 e. The Labute approximate surface area is 139 Å². The van der Waals surface area contributed by atoms with E-state index < -0.39 is 5.60 Å². The lowest BCUT2D eigenvalue weighted by atomic mass is 9.88. The number of nitrogens with zero attached hydrogens (tertiary/aromatic N) is 1. The summed E-state index contributed by atoms with van der Waals surface area (Å²) < 4.78 is 6.61. The molecular weight excluding hydrogens is 310 g/mol. The van der Waals surface area contributed by atoms with Crippen molar-refractivity contribution >= 4 is 21.7 Å². The van der Waals surface area contributed by atoms with Crippen molar-refractivity contribution in [3.8, 4) is 0 Å². The smallest absolute Gasteiger partial charge is 0.239 e. The number of hydrogen-bond donors (Lipinski definition) is 1. The molecule has 1 aliphatic heterocycles. The van der Waals surface area contributed by atoms with Crippen LogP contribution in [0.25, 0.3) is 0 Å². The van der Waals surface area contributed by atoms with Crippen LogP contribution >= 0.6 is 11.3 Å². The van der Waals surface area contributed by atoms with Crippen LogP contribution in [-0.2, 0) is 10.3 Å². The lowest BCUT2D eigenvalue weighted by molar-refractivity contribution is -0.827. The molecule has 2 heterocycles. The van der Waals surface area contributed by atoms with Gasteiger partial charge in [-0.05, 0) is 17.0 Å². The number of rotatable bonds is 5. The summed E-state index contributed by atoms with van der Waals surface area (Å²) in [5.41, 5.74) is 0.127. The Bertz CT molecular complexity index is 584. The molecule has 1 unspecified atom stereocenters. The van der Waals surface area contributed by atoms with E-state index in [9.17, 15) is 5.11 Å². The van der Waals surface area contributed by atoms with Gasteiger partial charge in [-0.3, -0.25) is 0 Å². The monoisotopic (exact) mass is 334 g/mol. The summed E-state index contributed by atoms with van der Waals surface area (Å²) in [4.78, 5) is 1.04. The highest BCUT2D eigenvalue weighted by Gasteiger charge is 2.36. The number of thiophene rings is 1. The minimum absolute atomic E-state index is 0.765. The molecule has 1 atom stereocenters. The van der Waals surface area contributed by atoms with Crippen LogP contribution < -0.4 is 0 Å². The zero-order valence-electron chi connectivity index (χ0n) is 13.1. The average molecular weight is 335 g/mol. The predicted molar refractivity (Wildman–Crippen MR) is 94.0 cm³/mol. The Morgan fingerprint density at radius 1 is 1.14 bits per heavy atom. The zero-order valence-corrected chi connectivity index (χ0v) is 15.9. The van der Waals surface area contributed by atoms with Gasteiger partial charge in [0.1, 0.15) is 5.60 Å². The molecule has 1 N–H and O–H groups in total. The van der Waals surface area contributed by atoms with E-state index >= 15 is 0 Å². The molecule has 5 heteroatoms. The van der Waals surface area contributed by atoms with Crippen LogP contribution in [0.5, 0.6) is 0 Å². The lowest BCUT2D eigenvalue weighted by Gasteiger charge is -2.41. The first-order chi connectivity index (χ1) is 10.6. The fourth-order valence-electron chi connectivity index (χ4n) is 3.08. The quantitative estimate of drug-likeness (QED) is 0.840. The fraction of sp³-hybridized carbons (Fsp3) is 0.412. The first-order valence-corrected chi connectivity index (χ1v) is 9.63. The summed E-state index contributed by atoms with van der Waals surface area (Å²) in [5, 5.41) is 13.5. The molecule has 118 valence electrons. The van der Waals surface area contributed by atoms with Crippen molar-refractivity contribution in [1.29, 1.82) is 0 Å². The molecular formula is C17H24NO2SSi+. The molecule has 1 saturated heterocycles. The maximum atomic E-state index is 11.5. The van der Waals surface area contributed by atoms with Crippen molar-refractivity contribution in [2.75, 3.05) is 32.8 Å². The van der Waals surface area contributed by atoms with Crippen LogP contribution in [0.1, 0.15) is 16.9 Å². The van der Waals surface area contributed by atoms with Gasteiger partial charge in [-0.25, -0.2) is 0 Å². The molecule has 3 nitrogen and oxygen atoms in total. The summed E-state index contributed by atoms with van der Waals surface area (Å²) in [6.45, 7) is 4.89. The Morgan fingerprint density at radius 2 is 1.86 bits per heavy atom. The van der Waals surface area contributed by atoms with Crippen molar-refractivity contribution in [2.45, 2.75) is 12.0 Å². The van der Waals surface area contributed by atoms with Gasteiger partial charge in [-0.2, -0.15) is 0 Å². The number of benzene rings is 1. The van der Waals surface area contributed by atoms with Gasteiger partial charge in [0.25, 0.3) is 0 Å². The number of quaternary nitrogens is 1. The molecule has 0 aliphatic carbocycles. The molecule has 0 saturated carbocycles. The van der Waals surface area contributed by atoms with Crippen molar-refractivity contribution in [2.24, 2.45) is 0 Å². The van der Waals surface area contributed by atoms with Crippen LogP contribution in [0.15, 0.2) is 47.8 Å². The second kappa shape index (κ2) is 6.64. The van der Waals surface area contributed by atoms with E-state index in [1.165, 1.54) is 0 Å². The Hall–Kier alpha value is -0.983. The molecule has 0 spiro atoms. The SMILES string of the molecule is OC(CC[N+]1([SiH3])CCOCC1)(c1ccccc1)c1cccs1. The molecule has 1 fully saturated rings. The summed E-state index contributed by atoms with van der Waals surface area (Å²) in [6.07, 6.45) is 0.765. The third-order valence-corrected chi connectivity index (χ3v) is 7.11.